The lowest BCUT2D eigenvalue weighted by molar-refractivity contribution is 0.177. The van der Waals surface area contributed by atoms with Gasteiger partial charge in [-0.15, -0.1) is 0 Å². The molecule has 0 aliphatic rings. The Labute approximate surface area is 108 Å². The third kappa shape index (κ3) is 3.14. The number of aliphatic hydroxyl groups is 1. The second-order valence-corrected chi connectivity index (χ2v) is 4.73. The van der Waals surface area contributed by atoms with E-state index in [4.69, 9.17) is 0 Å². The first kappa shape index (κ1) is 12.3. The first-order valence-corrected chi connectivity index (χ1v) is 6.13. The third-order valence-corrected chi connectivity index (χ3v) is 3.30. The van der Waals surface area contributed by atoms with Gasteiger partial charge in [-0.2, -0.15) is 0 Å². The van der Waals surface area contributed by atoms with Gasteiger partial charge in [-0.05, 0) is 29.3 Å². The molecule has 1 unspecified atom stereocenters. The van der Waals surface area contributed by atoms with E-state index in [1.165, 1.54) is 12.1 Å². The fourth-order valence-electron chi connectivity index (χ4n) is 1.74. The highest BCUT2D eigenvalue weighted by molar-refractivity contribution is 9.10. The summed E-state index contributed by atoms with van der Waals surface area (Å²) >= 11 is 3.39. The maximum Gasteiger partial charge on any atom is 0.123 e. The van der Waals surface area contributed by atoms with Crippen LogP contribution in [0.1, 0.15) is 17.2 Å². The normalized spacial score (nSPS) is 12.4. The van der Waals surface area contributed by atoms with Gasteiger partial charge in [0, 0.05) is 10.9 Å². The Morgan fingerprint density at radius 3 is 2.59 bits per heavy atom. The summed E-state index contributed by atoms with van der Waals surface area (Å²) in [7, 11) is 0. The smallest absolute Gasteiger partial charge is 0.123 e. The molecule has 0 aliphatic heterocycles. The van der Waals surface area contributed by atoms with Crippen LogP contribution in [0.5, 0.6) is 0 Å². The lowest BCUT2D eigenvalue weighted by atomic mass is 10.0. The van der Waals surface area contributed by atoms with E-state index in [-0.39, 0.29) is 5.82 Å². The molecule has 88 valence electrons. The summed E-state index contributed by atoms with van der Waals surface area (Å²) in [4.78, 5) is 0. The van der Waals surface area contributed by atoms with Crippen LogP contribution in [0.2, 0.25) is 0 Å². The van der Waals surface area contributed by atoms with Crippen molar-refractivity contribution in [2.45, 2.75) is 12.5 Å². The summed E-state index contributed by atoms with van der Waals surface area (Å²) in [6, 6.07) is 13.8. The van der Waals surface area contributed by atoms with Crippen LogP contribution >= 0.6 is 15.9 Å². The molecule has 2 aromatic rings. The van der Waals surface area contributed by atoms with E-state index in [2.05, 4.69) is 15.9 Å². The van der Waals surface area contributed by atoms with Crippen molar-refractivity contribution in [2.75, 3.05) is 0 Å². The monoisotopic (exact) mass is 294 g/mol. The lowest BCUT2D eigenvalue weighted by Crippen LogP contribution is -2.02. The number of aliphatic hydroxyl groups excluding tert-OH is 1. The van der Waals surface area contributed by atoms with Crippen molar-refractivity contribution in [3.63, 3.8) is 0 Å². The third-order valence-electron chi connectivity index (χ3n) is 2.58. The van der Waals surface area contributed by atoms with Gasteiger partial charge >= 0.3 is 0 Å². The molecule has 17 heavy (non-hydrogen) atoms. The molecule has 0 spiro atoms. The van der Waals surface area contributed by atoms with Crippen molar-refractivity contribution in [1.29, 1.82) is 0 Å². The van der Waals surface area contributed by atoms with E-state index >= 15 is 0 Å². The molecule has 0 saturated carbocycles. The molecular formula is C14H12BrFO. The van der Waals surface area contributed by atoms with Gasteiger partial charge < -0.3 is 5.11 Å². The Morgan fingerprint density at radius 1 is 1.12 bits per heavy atom. The van der Waals surface area contributed by atoms with Gasteiger partial charge in [0.25, 0.3) is 0 Å². The fourth-order valence-corrected chi connectivity index (χ4v) is 2.29. The van der Waals surface area contributed by atoms with Crippen LogP contribution in [0.4, 0.5) is 4.39 Å². The highest BCUT2D eigenvalue weighted by atomic mass is 79.9. The summed E-state index contributed by atoms with van der Waals surface area (Å²) in [6.45, 7) is 0. The summed E-state index contributed by atoms with van der Waals surface area (Å²) in [5, 5.41) is 10.1. The molecule has 0 aliphatic carbocycles. The Hall–Kier alpha value is -1.19. The van der Waals surface area contributed by atoms with Crippen LogP contribution in [0, 0.1) is 5.82 Å². The van der Waals surface area contributed by atoms with Crippen molar-refractivity contribution in [1.82, 2.24) is 0 Å². The van der Waals surface area contributed by atoms with Gasteiger partial charge in [-0.3, -0.25) is 0 Å². The standard InChI is InChI=1S/C14H12BrFO/c15-13-7-2-1-6-12(13)14(17)9-10-4-3-5-11(16)8-10/h1-8,14,17H,9H2. The van der Waals surface area contributed by atoms with Crippen LogP contribution < -0.4 is 0 Å². The quantitative estimate of drug-likeness (QED) is 0.911. The zero-order valence-electron chi connectivity index (χ0n) is 9.11. The highest BCUT2D eigenvalue weighted by Gasteiger charge is 2.11. The first-order chi connectivity index (χ1) is 8.16. The molecule has 0 aromatic heterocycles. The van der Waals surface area contributed by atoms with E-state index in [9.17, 15) is 9.50 Å². The lowest BCUT2D eigenvalue weighted by Gasteiger charge is -2.12. The molecule has 1 nitrogen and oxygen atoms in total. The average molecular weight is 295 g/mol. The van der Waals surface area contributed by atoms with E-state index < -0.39 is 6.10 Å². The first-order valence-electron chi connectivity index (χ1n) is 5.34. The number of hydrogen-bond acceptors (Lipinski definition) is 1. The van der Waals surface area contributed by atoms with Crippen LogP contribution in [0.3, 0.4) is 0 Å². The minimum absolute atomic E-state index is 0.276. The molecule has 0 saturated heterocycles. The SMILES string of the molecule is OC(Cc1cccc(F)c1)c1ccccc1Br. The van der Waals surface area contributed by atoms with E-state index in [1.54, 1.807) is 6.07 Å². The second kappa shape index (κ2) is 5.43. The molecule has 2 rings (SSSR count). The predicted molar refractivity (Wildman–Crippen MR) is 69.2 cm³/mol. The van der Waals surface area contributed by atoms with Gasteiger partial charge in [-0.1, -0.05) is 46.3 Å². The molecule has 0 heterocycles. The maximum atomic E-state index is 13.0. The average Bonchev–Trinajstić information content (AvgIpc) is 2.29. The van der Waals surface area contributed by atoms with E-state index in [1.807, 2.05) is 30.3 Å². The maximum absolute atomic E-state index is 13.0. The van der Waals surface area contributed by atoms with Gasteiger partial charge in [0.15, 0.2) is 0 Å². The fraction of sp³-hybridized carbons (Fsp3) is 0.143. The topological polar surface area (TPSA) is 20.2 Å². The zero-order chi connectivity index (χ0) is 12.3. The van der Waals surface area contributed by atoms with Gasteiger partial charge in [0.05, 0.1) is 6.10 Å². The molecule has 2 aromatic carbocycles. The summed E-state index contributed by atoms with van der Waals surface area (Å²) in [5.41, 5.74) is 1.60. The van der Waals surface area contributed by atoms with Crippen LogP contribution in [-0.4, -0.2) is 5.11 Å². The van der Waals surface area contributed by atoms with Crippen molar-refractivity contribution in [3.05, 3.63) is 69.9 Å². The van der Waals surface area contributed by atoms with E-state index in [0.29, 0.717) is 6.42 Å². The van der Waals surface area contributed by atoms with Gasteiger partial charge in [0.2, 0.25) is 0 Å². The van der Waals surface area contributed by atoms with Crippen molar-refractivity contribution in [3.8, 4) is 0 Å². The molecule has 0 radical (unpaired) electrons. The minimum Gasteiger partial charge on any atom is -0.388 e. The number of rotatable bonds is 3. The Balaban J connectivity index is 2.17. The van der Waals surface area contributed by atoms with Gasteiger partial charge in [0.1, 0.15) is 5.82 Å². The molecule has 0 bridgehead atoms. The Morgan fingerprint density at radius 2 is 1.88 bits per heavy atom. The van der Waals surface area contributed by atoms with Gasteiger partial charge in [-0.25, -0.2) is 4.39 Å². The van der Waals surface area contributed by atoms with Crippen molar-refractivity contribution < 1.29 is 9.50 Å². The molecular weight excluding hydrogens is 283 g/mol. The molecule has 1 atom stereocenters. The number of benzene rings is 2. The highest BCUT2D eigenvalue weighted by Crippen LogP contribution is 2.25. The largest absolute Gasteiger partial charge is 0.388 e. The number of hydrogen-bond donors (Lipinski definition) is 1. The van der Waals surface area contributed by atoms with Crippen LogP contribution in [0.15, 0.2) is 53.0 Å². The van der Waals surface area contributed by atoms with E-state index in [0.717, 1.165) is 15.6 Å². The zero-order valence-corrected chi connectivity index (χ0v) is 10.7. The summed E-state index contributed by atoms with van der Waals surface area (Å²) in [5.74, 6) is -0.276. The Kier molecular flexibility index (Phi) is 3.92. The molecule has 0 fully saturated rings. The van der Waals surface area contributed by atoms with Crippen LogP contribution in [-0.2, 0) is 6.42 Å². The van der Waals surface area contributed by atoms with Crippen molar-refractivity contribution >= 4 is 15.9 Å². The Bertz CT molecular complexity index is 513. The number of halogens is 2. The predicted octanol–water partition coefficient (Wildman–Crippen LogP) is 3.86. The molecule has 1 N–H and O–H groups in total. The molecule has 3 heteroatoms. The minimum atomic E-state index is -0.632. The summed E-state index contributed by atoms with van der Waals surface area (Å²) < 4.78 is 13.9. The molecule has 0 amide bonds. The summed E-state index contributed by atoms with van der Waals surface area (Å²) in [6.07, 6.45) is -0.229. The van der Waals surface area contributed by atoms with Crippen LogP contribution in [0.25, 0.3) is 0 Å². The van der Waals surface area contributed by atoms with Crippen molar-refractivity contribution in [2.24, 2.45) is 0 Å². The second-order valence-electron chi connectivity index (χ2n) is 3.87.